The van der Waals surface area contributed by atoms with Crippen molar-refractivity contribution in [3.63, 3.8) is 0 Å². The molecule has 0 saturated carbocycles. The van der Waals surface area contributed by atoms with Crippen LogP contribution in [0.4, 0.5) is 0 Å². The summed E-state index contributed by atoms with van der Waals surface area (Å²) < 4.78 is 4.05. The summed E-state index contributed by atoms with van der Waals surface area (Å²) in [5.74, 6) is 0.552. The number of fused-ring (bicyclic) bond motifs is 3. The van der Waals surface area contributed by atoms with Crippen molar-refractivity contribution >= 4 is 3.21 Å². The molecule has 198 valence electrons. The average Bonchev–Trinajstić information content (AvgIpc) is 3.24. The molecule has 2 aromatic carbocycles. The standard InChI is InChI=1S/C23H29.C10H15.C3H6.Zr/c1-14-9-16-11-17-10-15(2)21(23(6,7)8)13-19(17)18(16)12-20(14)22(3,4)5;1-8-5-6-9(7-8)10(2,3)4;1-3-2;/h9-13H,1-8H3;6-8H,1-4H3;1-2H3;. The van der Waals surface area contributed by atoms with Crippen LogP contribution in [0.15, 0.2) is 45.3 Å². The Labute approximate surface area is 235 Å². The van der Waals surface area contributed by atoms with E-state index < -0.39 is 21.3 Å². The van der Waals surface area contributed by atoms with Crippen LogP contribution < -0.4 is 0 Å². The van der Waals surface area contributed by atoms with Crippen LogP contribution in [0.1, 0.15) is 120 Å². The summed E-state index contributed by atoms with van der Waals surface area (Å²) in [5, 5.41) is 0. The van der Waals surface area contributed by atoms with Crippen molar-refractivity contribution in [1.29, 1.82) is 0 Å². The van der Waals surface area contributed by atoms with Crippen LogP contribution >= 0.6 is 0 Å². The molecule has 0 radical (unpaired) electrons. The summed E-state index contributed by atoms with van der Waals surface area (Å²) in [4.78, 5) is 0. The Hall–Kier alpha value is -1.33. The summed E-state index contributed by atoms with van der Waals surface area (Å²) >= 11 is -2.27. The molecule has 0 amide bonds. The number of benzene rings is 2. The van der Waals surface area contributed by atoms with E-state index in [1.54, 1.807) is 17.6 Å². The van der Waals surface area contributed by atoms with Crippen LogP contribution in [-0.4, -0.2) is 3.21 Å². The number of allylic oxidation sites excluding steroid dienone is 4. The summed E-state index contributed by atoms with van der Waals surface area (Å²) in [7, 11) is 0. The van der Waals surface area contributed by atoms with Gasteiger partial charge in [-0.15, -0.1) is 0 Å². The molecule has 1 heteroatoms. The molecule has 1 unspecified atom stereocenters. The third-order valence-corrected chi connectivity index (χ3v) is 17.2. The van der Waals surface area contributed by atoms with Gasteiger partial charge in [0.15, 0.2) is 0 Å². The predicted octanol–water partition coefficient (Wildman–Crippen LogP) is 10.3. The van der Waals surface area contributed by atoms with E-state index in [2.05, 4.69) is 133 Å². The van der Waals surface area contributed by atoms with Crippen molar-refractivity contribution in [1.82, 2.24) is 0 Å². The maximum atomic E-state index is 2.64. The van der Waals surface area contributed by atoms with Crippen molar-refractivity contribution in [3.05, 3.63) is 78.7 Å². The zero-order chi connectivity index (χ0) is 27.8. The van der Waals surface area contributed by atoms with Gasteiger partial charge in [-0.2, -0.15) is 0 Å². The second-order valence-corrected chi connectivity index (χ2v) is 22.4. The quantitative estimate of drug-likeness (QED) is 0.335. The van der Waals surface area contributed by atoms with Gasteiger partial charge in [-0.05, 0) is 0 Å². The summed E-state index contributed by atoms with van der Waals surface area (Å²) in [6, 6.07) is 10.3. The van der Waals surface area contributed by atoms with E-state index in [9.17, 15) is 0 Å². The Bertz CT molecular complexity index is 1280. The van der Waals surface area contributed by atoms with E-state index in [1.807, 2.05) is 0 Å². The van der Waals surface area contributed by atoms with Crippen LogP contribution in [0.2, 0.25) is 0 Å². The molecule has 0 fully saturated rings. The van der Waals surface area contributed by atoms with Crippen molar-refractivity contribution < 1.29 is 21.3 Å². The van der Waals surface area contributed by atoms with Gasteiger partial charge in [-0.1, -0.05) is 0 Å². The molecule has 2 aliphatic rings. The molecule has 0 aliphatic heterocycles. The maximum absolute atomic E-state index is 2.64. The summed E-state index contributed by atoms with van der Waals surface area (Å²) in [6.07, 6.45) is 5.20. The van der Waals surface area contributed by atoms with E-state index in [1.165, 1.54) is 39.0 Å². The molecule has 0 spiro atoms. The van der Waals surface area contributed by atoms with Gasteiger partial charge in [0.1, 0.15) is 0 Å². The Morgan fingerprint density at radius 3 is 1.43 bits per heavy atom. The SMILES string of the molecule is C[C](C)=[Zr]([C]1=CC(C(C)(C)C)=CC1C)[CH]1c2cc(C)c(C(C)(C)C)cc2-c2cc(C(C)(C)C)c(C)cc21. The molecule has 2 aliphatic carbocycles. The fourth-order valence-electron chi connectivity index (χ4n) is 6.74. The van der Waals surface area contributed by atoms with Crippen LogP contribution in [0, 0.1) is 25.2 Å². The Kier molecular flexibility index (Phi) is 7.28. The van der Waals surface area contributed by atoms with E-state index in [0.29, 0.717) is 9.54 Å². The second kappa shape index (κ2) is 9.40. The van der Waals surface area contributed by atoms with Gasteiger partial charge in [0, 0.05) is 0 Å². The van der Waals surface area contributed by atoms with Crippen molar-refractivity contribution in [2.24, 2.45) is 11.3 Å². The predicted molar refractivity (Wildman–Crippen MR) is 162 cm³/mol. The first-order chi connectivity index (χ1) is 16.8. The van der Waals surface area contributed by atoms with Gasteiger partial charge in [0.05, 0.1) is 0 Å². The normalized spacial score (nSPS) is 17.9. The molecule has 0 N–H and O–H groups in total. The summed E-state index contributed by atoms with van der Waals surface area (Å²) in [5.41, 5.74) is 14.1. The fourth-order valence-corrected chi connectivity index (χ4v) is 15.3. The molecule has 37 heavy (non-hydrogen) atoms. The Balaban J connectivity index is 2.04. The van der Waals surface area contributed by atoms with Crippen molar-refractivity contribution in [2.45, 2.75) is 111 Å². The summed E-state index contributed by atoms with van der Waals surface area (Å²) in [6.45, 7) is 33.3. The van der Waals surface area contributed by atoms with E-state index >= 15 is 0 Å². The molecular weight excluding hydrogens is 524 g/mol. The molecule has 0 aromatic heterocycles. The van der Waals surface area contributed by atoms with Crippen LogP contribution in [0.25, 0.3) is 11.1 Å². The molecule has 4 rings (SSSR count). The van der Waals surface area contributed by atoms with Crippen molar-refractivity contribution in [2.75, 3.05) is 0 Å². The first-order valence-electron chi connectivity index (χ1n) is 14.2. The third-order valence-electron chi connectivity index (χ3n) is 8.56. The van der Waals surface area contributed by atoms with E-state index in [4.69, 9.17) is 0 Å². The molecule has 0 nitrogen and oxygen atoms in total. The van der Waals surface area contributed by atoms with Crippen molar-refractivity contribution in [3.8, 4) is 11.1 Å². The number of hydrogen-bond donors (Lipinski definition) is 0. The fraction of sp³-hybridized carbons (Fsp3) is 0.528. The van der Waals surface area contributed by atoms with Gasteiger partial charge < -0.3 is 0 Å². The molecule has 1 atom stereocenters. The zero-order valence-corrected chi connectivity index (χ0v) is 28.6. The molecular formula is C36H50Zr. The van der Waals surface area contributed by atoms with Gasteiger partial charge >= 0.3 is 237 Å². The molecule has 2 aromatic rings. The number of rotatable bonds is 2. The minimum atomic E-state index is -2.27. The van der Waals surface area contributed by atoms with E-state index in [-0.39, 0.29) is 16.2 Å². The van der Waals surface area contributed by atoms with Gasteiger partial charge in [-0.25, -0.2) is 0 Å². The first-order valence-corrected chi connectivity index (χ1v) is 18.1. The number of hydrogen-bond acceptors (Lipinski definition) is 0. The molecule has 0 heterocycles. The number of aryl methyl sites for hydroxylation is 2. The first kappa shape index (κ1) is 28.7. The minimum absolute atomic E-state index is 0.136. The van der Waals surface area contributed by atoms with Gasteiger partial charge in [0.25, 0.3) is 0 Å². The monoisotopic (exact) mass is 572 g/mol. The third kappa shape index (κ3) is 5.16. The van der Waals surface area contributed by atoms with Gasteiger partial charge in [-0.3, -0.25) is 0 Å². The van der Waals surface area contributed by atoms with E-state index in [0.717, 1.165) is 0 Å². The van der Waals surface area contributed by atoms with Crippen LogP contribution in [-0.2, 0) is 32.1 Å². The Morgan fingerprint density at radius 1 is 0.676 bits per heavy atom. The molecule has 0 bridgehead atoms. The average molecular weight is 574 g/mol. The molecule has 0 saturated heterocycles. The van der Waals surface area contributed by atoms with Gasteiger partial charge in [0.2, 0.25) is 0 Å². The zero-order valence-electron chi connectivity index (χ0n) is 26.1. The second-order valence-electron chi connectivity index (χ2n) is 15.1. The van der Waals surface area contributed by atoms with Crippen LogP contribution in [0.5, 0.6) is 0 Å². The van der Waals surface area contributed by atoms with Crippen LogP contribution in [0.3, 0.4) is 0 Å². The topological polar surface area (TPSA) is 0 Å². The Morgan fingerprint density at radius 2 is 1.11 bits per heavy atom.